The second kappa shape index (κ2) is 9.89. The zero-order valence-electron chi connectivity index (χ0n) is 15.4. The van der Waals surface area contributed by atoms with Gasteiger partial charge in [-0.1, -0.05) is 0 Å². The van der Waals surface area contributed by atoms with E-state index in [0.717, 1.165) is 62.0 Å². The van der Waals surface area contributed by atoms with Gasteiger partial charge < -0.3 is 20.1 Å². The van der Waals surface area contributed by atoms with Crippen molar-refractivity contribution in [1.82, 2.24) is 9.80 Å². The predicted octanol–water partition coefficient (Wildman–Crippen LogP) is 1.43. The van der Waals surface area contributed by atoms with Gasteiger partial charge in [-0.25, -0.2) is 0 Å². The van der Waals surface area contributed by atoms with Gasteiger partial charge >= 0.3 is 0 Å². The monoisotopic (exact) mass is 367 g/mol. The Bertz CT molecular complexity index is 540. The summed E-state index contributed by atoms with van der Waals surface area (Å²) in [6.45, 7) is 3.97. The highest BCUT2D eigenvalue weighted by Crippen LogP contribution is 2.23. The Balaban J connectivity index is 1.87. The van der Waals surface area contributed by atoms with Gasteiger partial charge in [0.2, 0.25) is 5.91 Å². The quantitative estimate of drug-likeness (QED) is 0.750. The molecule has 1 fully saturated rings. The van der Waals surface area contributed by atoms with Crippen molar-refractivity contribution in [3.8, 4) is 11.5 Å². The minimum Gasteiger partial charge on any atom is -0.497 e. The first-order valence-electron chi connectivity index (χ1n) is 8.55. The van der Waals surface area contributed by atoms with Gasteiger partial charge in [-0.15, -0.1) is 0 Å². The summed E-state index contributed by atoms with van der Waals surface area (Å²) < 4.78 is 10.7. The van der Waals surface area contributed by atoms with Crippen molar-refractivity contribution in [3.63, 3.8) is 0 Å². The molecular formula is C18H29N3O3S. The van der Waals surface area contributed by atoms with E-state index in [2.05, 4.69) is 4.90 Å². The molecule has 0 bridgehead atoms. The summed E-state index contributed by atoms with van der Waals surface area (Å²) >= 11 is 1.72. The van der Waals surface area contributed by atoms with E-state index in [1.54, 1.807) is 26.0 Å². The second-order valence-corrected chi connectivity index (χ2v) is 7.20. The van der Waals surface area contributed by atoms with Crippen LogP contribution < -0.4 is 15.2 Å². The van der Waals surface area contributed by atoms with Crippen LogP contribution in [-0.4, -0.2) is 74.2 Å². The minimum absolute atomic E-state index is 0.0803. The predicted molar refractivity (Wildman–Crippen MR) is 102 cm³/mol. The highest BCUT2D eigenvalue weighted by Gasteiger charge is 2.25. The number of amides is 1. The number of nitrogens with zero attached hydrogens (tertiary/aromatic N) is 2. The number of carbonyl (C=O) groups is 1. The van der Waals surface area contributed by atoms with Crippen LogP contribution in [0.25, 0.3) is 0 Å². The van der Waals surface area contributed by atoms with Gasteiger partial charge in [0, 0.05) is 38.8 Å². The van der Waals surface area contributed by atoms with Crippen LogP contribution in [0.4, 0.5) is 0 Å². The Morgan fingerprint density at radius 1 is 1.16 bits per heavy atom. The van der Waals surface area contributed by atoms with Gasteiger partial charge in [0.15, 0.2) is 0 Å². The van der Waals surface area contributed by atoms with E-state index in [1.165, 1.54) is 0 Å². The van der Waals surface area contributed by atoms with Crippen molar-refractivity contribution in [1.29, 1.82) is 0 Å². The van der Waals surface area contributed by atoms with E-state index in [9.17, 15) is 4.79 Å². The van der Waals surface area contributed by atoms with Crippen molar-refractivity contribution in [2.45, 2.75) is 19.0 Å². The standard InChI is InChI=1S/C18H29N3O3S/c1-23-15-10-14(11-16(12-15)24-2)13-20-5-7-21(8-6-20)18(22)17(19)4-9-25-3/h10-12,17H,4-9,13,19H2,1-3H3/t17-/m0/s1. The molecule has 2 N–H and O–H groups in total. The molecule has 0 radical (unpaired) electrons. The lowest BCUT2D eigenvalue weighted by Crippen LogP contribution is -2.53. The van der Waals surface area contributed by atoms with Crippen LogP contribution >= 0.6 is 11.8 Å². The zero-order valence-corrected chi connectivity index (χ0v) is 16.2. The van der Waals surface area contributed by atoms with E-state index in [4.69, 9.17) is 15.2 Å². The van der Waals surface area contributed by atoms with Crippen molar-refractivity contribution in [2.24, 2.45) is 5.73 Å². The molecule has 7 heteroatoms. The summed E-state index contributed by atoms with van der Waals surface area (Å²) in [5.74, 6) is 2.59. The molecule has 140 valence electrons. The Labute approximate surface area is 154 Å². The average Bonchev–Trinajstić information content (AvgIpc) is 2.65. The molecule has 0 spiro atoms. The fourth-order valence-corrected chi connectivity index (χ4v) is 3.43. The molecule has 1 saturated heterocycles. The smallest absolute Gasteiger partial charge is 0.239 e. The Morgan fingerprint density at radius 3 is 2.28 bits per heavy atom. The molecule has 2 rings (SSSR count). The van der Waals surface area contributed by atoms with Crippen molar-refractivity contribution in [2.75, 3.05) is 52.4 Å². The summed E-state index contributed by atoms with van der Waals surface area (Å²) in [7, 11) is 3.31. The number of thioether (sulfide) groups is 1. The molecule has 0 saturated carbocycles. The molecule has 0 unspecified atom stereocenters. The fraction of sp³-hybridized carbons (Fsp3) is 0.611. The lowest BCUT2D eigenvalue weighted by molar-refractivity contribution is -0.134. The fourth-order valence-electron chi connectivity index (χ4n) is 2.95. The Hall–Kier alpha value is -1.44. The highest BCUT2D eigenvalue weighted by molar-refractivity contribution is 7.98. The van der Waals surface area contributed by atoms with Crippen LogP contribution in [-0.2, 0) is 11.3 Å². The summed E-state index contributed by atoms with van der Waals surface area (Å²) in [5, 5.41) is 0. The number of rotatable bonds is 8. The first-order valence-corrected chi connectivity index (χ1v) is 9.94. The number of benzene rings is 1. The molecule has 1 aromatic rings. The highest BCUT2D eigenvalue weighted by atomic mass is 32.2. The number of hydrogen-bond acceptors (Lipinski definition) is 6. The maximum atomic E-state index is 12.4. The molecule has 0 aromatic heterocycles. The molecule has 0 aliphatic carbocycles. The molecule has 1 atom stereocenters. The molecule has 1 heterocycles. The number of methoxy groups -OCH3 is 2. The first kappa shape index (κ1) is 19.9. The number of hydrogen-bond donors (Lipinski definition) is 1. The largest absolute Gasteiger partial charge is 0.497 e. The molecule has 1 aromatic carbocycles. The molecular weight excluding hydrogens is 338 g/mol. The lowest BCUT2D eigenvalue weighted by Gasteiger charge is -2.36. The van der Waals surface area contributed by atoms with Crippen molar-refractivity contribution < 1.29 is 14.3 Å². The van der Waals surface area contributed by atoms with Crippen LogP contribution in [0.15, 0.2) is 18.2 Å². The summed E-state index contributed by atoms with van der Waals surface area (Å²) in [6.07, 6.45) is 2.77. The third-order valence-corrected chi connectivity index (χ3v) is 5.10. The molecule has 6 nitrogen and oxygen atoms in total. The van der Waals surface area contributed by atoms with Crippen LogP contribution in [0, 0.1) is 0 Å². The number of carbonyl (C=O) groups excluding carboxylic acids is 1. The summed E-state index contributed by atoms with van der Waals surface area (Å²) in [4.78, 5) is 16.6. The van der Waals surface area contributed by atoms with E-state index in [1.807, 2.05) is 29.4 Å². The molecule has 1 amide bonds. The topological polar surface area (TPSA) is 68.0 Å². The van der Waals surface area contributed by atoms with Gasteiger partial charge in [-0.05, 0) is 36.1 Å². The van der Waals surface area contributed by atoms with E-state index in [-0.39, 0.29) is 11.9 Å². The van der Waals surface area contributed by atoms with Gasteiger partial charge in [0.1, 0.15) is 11.5 Å². The van der Waals surface area contributed by atoms with Crippen molar-refractivity contribution >= 4 is 17.7 Å². The molecule has 25 heavy (non-hydrogen) atoms. The number of ether oxygens (including phenoxy) is 2. The van der Waals surface area contributed by atoms with E-state index < -0.39 is 0 Å². The van der Waals surface area contributed by atoms with Crippen LogP contribution in [0.5, 0.6) is 11.5 Å². The summed E-state index contributed by atoms with van der Waals surface area (Å²) in [5.41, 5.74) is 7.16. The van der Waals surface area contributed by atoms with Gasteiger partial charge in [0.25, 0.3) is 0 Å². The third-order valence-electron chi connectivity index (χ3n) is 4.45. The third kappa shape index (κ3) is 5.80. The van der Waals surface area contributed by atoms with Crippen LogP contribution in [0.1, 0.15) is 12.0 Å². The maximum Gasteiger partial charge on any atom is 0.239 e. The SMILES string of the molecule is COc1cc(CN2CCN(C(=O)[C@@H](N)CCSC)CC2)cc(OC)c1. The van der Waals surface area contributed by atoms with E-state index in [0.29, 0.717) is 0 Å². The van der Waals surface area contributed by atoms with Crippen LogP contribution in [0.2, 0.25) is 0 Å². The lowest BCUT2D eigenvalue weighted by atomic mass is 10.1. The summed E-state index contributed by atoms with van der Waals surface area (Å²) in [6, 6.07) is 5.55. The maximum absolute atomic E-state index is 12.4. The Kier molecular flexibility index (Phi) is 7.87. The average molecular weight is 368 g/mol. The normalized spacial score (nSPS) is 16.6. The second-order valence-electron chi connectivity index (χ2n) is 6.21. The first-order chi connectivity index (χ1) is 12.1. The number of piperazine rings is 1. The van der Waals surface area contributed by atoms with Gasteiger partial charge in [-0.3, -0.25) is 9.69 Å². The van der Waals surface area contributed by atoms with Gasteiger partial charge in [-0.2, -0.15) is 11.8 Å². The number of nitrogens with two attached hydrogens (primary N) is 1. The molecule has 1 aliphatic rings. The van der Waals surface area contributed by atoms with Crippen LogP contribution in [0.3, 0.4) is 0 Å². The molecule has 1 aliphatic heterocycles. The zero-order chi connectivity index (χ0) is 18.2. The van der Waals surface area contributed by atoms with Crippen molar-refractivity contribution in [3.05, 3.63) is 23.8 Å². The minimum atomic E-state index is -0.373. The Morgan fingerprint density at radius 2 is 1.76 bits per heavy atom. The van der Waals surface area contributed by atoms with E-state index >= 15 is 0 Å². The van der Waals surface area contributed by atoms with Gasteiger partial charge in [0.05, 0.1) is 20.3 Å².